The smallest absolute Gasteiger partial charge is 0.343 e. The number of ether oxygens (including phenoxy) is 5. The first-order chi connectivity index (χ1) is 66.8. The predicted molar refractivity (Wildman–Crippen MR) is 526 cm³/mol. The summed E-state index contributed by atoms with van der Waals surface area (Å²) < 4.78 is 136. The number of carbonyl (C=O) groups is 3. The highest BCUT2D eigenvalue weighted by atomic mass is 32.2. The van der Waals surface area contributed by atoms with Crippen molar-refractivity contribution in [1.82, 2.24) is 81.6 Å². The van der Waals surface area contributed by atoms with E-state index in [1.807, 2.05) is 25.7 Å². The van der Waals surface area contributed by atoms with Crippen LogP contribution in [-0.2, 0) is 51.4 Å². The fourth-order valence-corrected chi connectivity index (χ4v) is 24.1. The van der Waals surface area contributed by atoms with Gasteiger partial charge < -0.3 is 58.4 Å². The number of nitrogens with zero attached hydrogens (tertiary/aromatic N) is 21. The highest BCUT2D eigenvalue weighted by molar-refractivity contribution is 7.90. The lowest BCUT2D eigenvalue weighted by atomic mass is 10.1. The molecular formula is C96H135N21O18S4. The summed E-state index contributed by atoms with van der Waals surface area (Å²) in [7, 11) is -4.62. The second-order valence-electron chi connectivity index (χ2n) is 35.7. The van der Waals surface area contributed by atoms with Gasteiger partial charge in [0.15, 0.2) is 0 Å². The number of aromatic nitrogens is 8. The third-order valence-electron chi connectivity index (χ3n) is 26.9. The molecule has 4 atom stereocenters. The molecule has 8 saturated heterocycles. The lowest BCUT2D eigenvalue weighted by molar-refractivity contribution is 0.0524. The number of amides is 1. The van der Waals surface area contributed by atoms with E-state index in [0.717, 1.165) is 122 Å². The van der Waals surface area contributed by atoms with E-state index >= 15 is 0 Å². The van der Waals surface area contributed by atoms with Gasteiger partial charge in [-0.3, -0.25) is 24.4 Å². The van der Waals surface area contributed by atoms with Crippen LogP contribution in [0.15, 0.2) is 141 Å². The van der Waals surface area contributed by atoms with Gasteiger partial charge in [-0.15, -0.1) is 0 Å². The summed E-state index contributed by atoms with van der Waals surface area (Å²) in [6.07, 6.45) is 19.6. The number of piperazine rings is 4. The Morgan fingerprint density at radius 1 is 0.338 bits per heavy atom. The number of methoxy groups -OCH3 is 4. The minimum absolute atomic E-state index is 0.0490. The lowest BCUT2D eigenvalue weighted by Gasteiger charge is -2.37. The number of hydrogen-bond acceptors (Lipinski definition) is 33. The maximum absolute atomic E-state index is 13.1. The third kappa shape index (κ3) is 25.9. The molecule has 1 amide bonds. The predicted octanol–water partition coefficient (Wildman–Crippen LogP) is 9.24. The zero-order valence-corrected chi connectivity index (χ0v) is 84.9. The number of sulfonamides is 4. The number of hydrogen-bond donors (Lipinski definition) is 2. The molecule has 4 aromatic carbocycles. The van der Waals surface area contributed by atoms with Crippen molar-refractivity contribution < 1.29 is 82.0 Å². The summed E-state index contributed by atoms with van der Waals surface area (Å²) in [5, 5.41) is 19.4. The second-order valence-corrected chi connectivity index (χ2v) is 43.5. The summed E-state index contributed by atoms with van der Waals surface area (Å²) in [6, 6.07) is 25.4. The normalized spacial score (nSPS) is 18.9. The number of anilines is 4. The average molecular weight is 2000 g/mol. The molecule has 2 N–H and O–H groups in total. The largest absolute Gasteiger partial charge is 0.497 e. The van der Waals surface area contributed by atoms with Crippen molar-refractivity contribution in [1.29, 1.82) is 0 Å². The number of aliphatic hydroxyl groups excluding tert-OH is 1. The first-order valence-corrected chi connectivity index (χ1v) is 53.8. The zero-order chi connectivity index (χ0) is 99.3. The van der Waals surface area contributed by atoms with E-state index < -0.39 is 52.0 Å². The SMILES string of the molecule is CCOC(=O)c1cnc(C(C)N2CCN(S(=O)(=O)c3ccc(OC)cc3)CC2)nc1N1CCCCC1.COc1ccc(S(=O)(=O)N2CCN(C(C)c3ncc(C(=O)N(C)C)c(N4CCCCC4)n3)CC2)cc1.COc1ccc(S(=O)(=O)N2CCN(C(C)c3ncc(C(=O)O)c(N4CCCCC4)n3)CC2)cc1.COc1ccc(S(=O)(=O)N2CCN(C(C)c3ncc(CO)c(N4CCCCC4)n3)CC2)cc1. The third-order valence-corrected chi connectivity index (χ3v) is 34.6. The van der Waals surface area contributed by atoms with Gasteiger partial charge in [-0.1, -0.05) is 0 Å². The first kappa shape index (κ1) is 106. The summed E-state index contributed by atoms with van der Waals surface area (Å²) >= 11 is 0. The van der Waals surface area contributed by atoms with Crippen molar-refractivity contribution in [2.75, 3.05) is 226 Å². The van der Waals surface area contributed by atoms with Gasteiger partial charge in [-0.05, 0) is 209 Å². The maximum Gasteiger partial charge on any atom is 0.343 e. The van der Waals surface area contributed by atoms with Crippen molar-refractivity contribution >= 4 is 81.2 Å². The number of esters is 1. The molecule has 12 heterocycles. The molecule has 8 aliphatic rings. The van der Waals surface area contributed by atoms with E-state index in [1.54, 1.807) is 163 Å². The molecule has 0 aliphatic carbocycles. The van der Waals surface area contributed by atoms with Crippen LogP contribution >= 0.6 is 0 Å². The van der Waals surface area contributed by atoms with E-state index in [9.17, 15) is 58.3 Å². The van der Waals surface area contributed by atoms with E-state index in [4.69, 9.17) is 38.6 Å². The molecule has 4 unspecified atom stereocenters. The van der Waals surface area contributed by atoms with Gasteiger partial charge in [0, 0.05) is 202 Å². The molecule has 43 heteroatoms. The number of carboxylic acid groups (broad SMARTS) is 1. The number of carboxylic acids is 1. The van der Waals surface area contributed by atoms with Crippen LogP contribution in [0.3, 0.4) is 0 Å². The lowest BCUT2D eigenvalue weighted by Crippen LogP contribution is -2.49. The average Bonchev–Trinajstić information content (AvgIpc) is 0.852. The second kappa shape index (κ2) is 48.8. The minimum atomic E-state index is -3.59. The van der Waals surface area contributed by atoms with Gasteiger partial charge in [0.2, 0.25) is 40.1 Å². The number of piperidine rings is 4. The Morgan fingerprint density at radius 2 is 0.576 bits per heavy atom. The van der Waals surface area contributed by atoms with Gasteiger partial charge in [0.1, 0.15) is 86.3 Å². The molecule has 0 bridgehead atoms. The Bertz CT molecular complexity index is 5880. The highest BCUT2D eigenvalue weighted by Gasteiger charge is 2.39. The number of rotatable bonds is 29. The number of carbonyl (C=O) groups excluding carboxylic acids is 2. The molecule has 139 heavy (non-hydrogen) atoms. The number of aliphatic hydroxyl groups is 1. The van der Waals surface area contributed by atoms with Crippen molar-refractivity contribution in [2.24, 2.45) is 0 Å². The number of aromatic carboxylic acids is 1. The molecule has 8 fully saturated rings. The van der Waals surface area contributed by atoms with Gasteiger partial charge in [0.05, 0.1) is 85.4 Å². The van der Waals surface area contributed by atoms with Crippen molar-refractivity contribution in [2.45, 2.75) is 162 Å². The summed E-state index contributed by atoms with van der Waals surface area (Å²) in [5.74, 6) is 6.10. The fourth-order valence-electron chi connectivity index (χ4n) is 18.4. The molecule has 8 aliphatic heterocycles. The molecule has 0 saturated carbocycles. The standard InChI is InChI=1S/C25H36N6O4S.C25H35N5O5S.C23H31N5O5S.C23H33N5O4S/c1-19(23-26-18-22(25(32)28(2)3)24(27-23)30-12-6-5-7-13-30)29-14-16-31(17-15-29)36(33,34)21-10-8-20(35-4)9-11-21;1-4-35-25(31)22-18-26-23(27-24(22)29-12-6-5-7-13-29)19(2)28-14-16-30(17-15-28)36(32,33)21-10-8-20(34-3)9-11-21;1-17(21-24-16-20(23(29)30)22(25-21)27-10-4-3-5-11-27)26-12-14-28(15-13-26)34(31,32)19-8-6-18(33-2)7-9-19;1-18(22-24-16-19(17-29)23(25-22)27-10-4-3-5-11-27)26-12-14-28(15-13-26)33(30,31)21-8-6-20(32-2)7-9-21/h8-11,18-19H,5-7,12-17H2,1-4H3;8-11,18-19H,4-7,12-17H2,1-3H3;6-9,16-17H,3-5,10-15H2,1-2H3,(H,29,30);6-9,16,18,29H,3-5,10-15,17H2,1-2H3. The topological polar surface area (TPSA) is 420 Å². The van der Waals surface area contributed by atoms with Crippen LogP contribution in [0.25, 0.3) is 0 Å². The van der Waals surface area contributed by atoms with E-state index in [1.165, 1.54) is 49.8 Å². The molecule has 8 aromatic rings. The maximum atomic E-state index is 13.1. The first-order valence-electron chi connectivity index (χ1n) is 48.0. The summed E-state index contributed by atoms with van der Waals surface area (Å²) in [4.78, 5) is 94.3. The number of benzene rings is 4. The monoisotopic (exact) mass is 2000 g/mol. The zero-order valence-electron chi connectivity index (χ0n) is 81.7. The van der Waals surface area contributed by atoms with Gasteiger partial charge in [-0.25, -0.2) is 83.1 Å². The quantitative estimate of drug-likeness (QED) is 0.0412. The Balaban J connectivity index is 0.000000156. The molecular weight excluding hydrogens is 1860 g/mol. The van der Waals surface area contributed by atoms with Crippen molar-refractivity contribution in [3.8, 4) is 23.0 Å². The van der Waals surface area contributed by atoms with Crippen LogP contribution in [-0.4, -0.2) is 350 Å². The Morgan fingerprint density at radius 3 is 0.827 bits per heavy atom. The fraction of sp³-hybridized carbons (Fsp3) is 0.552. The van der Waals surface area contributed by atoms with Crippen LogP contribution in [0.2, 0.25) is 0 Å². The Hall–Kier alpha value is -10.6. The molecule has 16 rings (SSSR count). The van der Waals surface area contributed by atoms with Crippen LogP contribution in [0.4, 0.5) is 23.3 Å². The highest BCUT2D eigenvalue weighted by Crippen LogP contribution is 2.36. The molecule has 756 valence electrons. The van der Waals surface area contributed by atoms with Gasteiger partial charge >= 0.3 is 11.9 Å². The van der Waals surface area contributed by atoms with E-state index in [2.05, 4.69) is 66.1 Å². The Labute approximate surface area is 818 Å². The van der Waals surface area contributed by atoms with Gasteiger partial charge in [0.25, 0.3) is 5.91 Å². The van der Waals surface area contributed by atoms with Crippen LogP contribution in [0.5, 0.6) is 23.0 Å². The van der Waals surface area contributed by atoms with Crippen molar-refractivity contribution in [3.63, 3.8) is 0 Å². The van der Waals surface area contributed by atoms with Crippen molar-refractivity contribution in [3.05, 3.63) is 167 Å². The van der Waals surface area contributed by atoms with Crippen LogP contribution in [0.1, 0.15) is 196 Å². The minimum Gasteiger partial charge on any atom is -0.497 e. The van der Waals surface area contributed by atoms with E-state index in [0.29, 0.717) is 186 Å². The molecule has 4 aromatic heterocycles. The molecule has 0 spiro atoms. The Kier molecular flexibility index (Phi) is 37.1. The molecule has 39 nitrogen and oxygen atoms in total. The summed E-state index contributed by atoms with van der Waals surface area (Å²) in [6.45, 7) is 24.5. The van der Waals surface area contributed by atoms with E-state index in [-0.39, 0.29) is 61.8 Å². The van der Waals surface area contributed by atoms with Crippen LogP contribution < -0.4 is 38.5 Å². The van der Waals surface area contributed by atoms with Crippen LogP contribution in [0, 0.1) is 0 Å². The molecule has 0 radical (unpaired) electrons. The van der Waals surface area contributed by atoms with Gasteiger partial charge in [-0.2, -0.15) is 17.2 Å². The summed E-state index contributed by atoms with van der Waals surface area (Å²) in [5.41, 5.74) is 1.79.